The van der Waals surface area contributed by atoms with Crippen molar-refractivity contribution < 1.29 is 4.79 Å². The molecule has 0 bridgehead atoms. The quantitative estimate of drug-likeness (QED) is 0.792. The highest BCUT2D eigenvalue weighted by atomic mass is 16.2. The molecule has 19 heavy (non-hydrogen) atoms. The summed E-state index contributed by atoms with van der Waals surface area (Å²) in [6, 6.07) is 0.932. The Labute approximate surface area is 117 Å². The van der Waals surface area contributed by atoms with Crippen LogP contribution in [-0.2, 0) is 4.79 Å². The molecule has 0 aromatic heterocycles. The summed E-state index contributed by atoms with van der Waals surface area (Å²) in [6.07, 6.45) is 6.03. The van der Waals surface area contributed by atoms with E-state index >= 15 is 0 Å². The number of carbonyl (C=O) groups is 1. The summed E-state index contributed by atoms with van der Waals surface area (Å²) in [5.41, 5.74) is 5.95. The third-order valence-corrected chi connectivity index (χ3v) is 4.79. The van der Waals surface area contributed by atoms with Gasteiger partial charge in [0.15, 0.2) is 0 Å². The highest BCUT2D eigenvalue weighted by molar-refractivity contribution is 5.79. The zero-order chi connectivity index (χ0) is 13.8. The van der Waals surface area contributed by atoms with Gasteiger partial charge in [-0.1, -0.05) is 13.3 Å². The second kappa shape index (κ2) is 6.71. The van der Waals surface area contributed by atoms with Crippen LogP contribution in [0.3, 0.4) is 0 Å². The number of piperidine rings is 1. The highest BCUT2D eigenvalue weighted by Gasteiger charge is 2.35. The fourth-order valence-electron chi connectivity index (χ4n) is 3.52. The van der Waals surface area contributed by atoms with Gasteiger partial charge in [-0.15, -0.1) is 0 Å². The minimum absolute atomic E-state index is 0.306. The van der Waals surface area contributed by atoms with Crippen molar-refractivity contribution in [3.05, 3.63) is 0 Å². The Morgan fingerprint density at radius 1 is 1.32 bits per heavy atom. The monoisotopic (exact) mass is 267 g/mol. The van der Waals surface area contributed by atoms with Crippen LogP contribution < -0.4 is 5.73 Å². The smallest absolute Gasteiger partial charge is 0.236 e. The number of hydrogen-bond donors (Lipinski definition) is 1. The molecule has 4 heteroatoms. The molecule has 0 radical (unpaired) electrons. The first kappa shape index (κ1) is 14.8. The average Bonchev–Trinajstić information content (AvgIpc) is 3.23. The molecular weight excluding hydrogens is 238 g/mol. The van der Waals surface area contributed by atoms with Crippen molar-refractivity contribution in [2.24, 2.45) is 11.7 Å². The molecule has 110 valence electrons. The van der Waals surface area contributed by atoms with Gasteiger partial charge in [-0.05, 0) is 45.1 Å². The van der Waals surface area contributed by atoms with Crippen molar-refractivity contribution in [1.82, 2.24) is 9.80 Å². The minimum Gasteiger partial charge on any atom is -0.339 e. The SMILES string of the molecule is CCC1CCCN(CC(=O)N(CC)C2CC2)C1CN. The molecule has 1 heterocycles. The van der Waals surface area contributed by atoms with Gasteiger partial charge in [0.05, 0.1) is 6.54 Å². The second-order valence-corrected chi connectivity index (χ2v) is 6.00. The van der Waals surface area contributed by atoms with Crippen LogP contribution in [0.4, 0.5) is 0 Å². The van der Waals surface area contributed by atoms with E-state index in [-0.39, 0.29) is 0 Å². The van der Waals surface area contributed by atoms with Gasteiger partial charge in [-0.3, -0.25) is 9.69 Å². The van der Waals surface area contributed by atoms with Gasteiger partial charge in [-0.2, -0.15) is 0 Å². The van der Waals surface area contributed by atoms with Crippen LogP contribution in [0.1, 0.15) is 46.0 Å². The van der Waals surface area contributed by atoms with Gasteiger partial charge in [0, 0.05) is 25.2 Å². The predicted molar refractivity (Wildman–Crippen MR) is 77.8 cm³/mol. The fraction of sp³-hybridized carbons (Fsp3) is 0.933. The Kier molecular flexibility index (Phi) is 5.22. The standard InChI is InChI=1S/C15H29N3O/c1-3-12-6-5-9-17(14(12)10-16)11-15(19)18(4-2)13-7-8-13/h12-14H,3-11,16H2,1-2H3. The van der Waals surface area contributed by atoms with E-state index in [1.807, 2.05) is 0 Å². The number of rotatable bonds is 6. The maximum Gasteiger partial charge on any atom is 0.236 e. The first-order chi connectivity index (χ1) is 9.21. The number of likely N-dealkylation sites (N-methyl/N-ethyl adjacent to an activating group) is 1. The number of carbonyl (C=O) groups excluding carboxylic acids is 1. The maximum absolute atomic E-state index is 12.4. The molecule has 1 aliphatic heterocycles. The van der Waals surface area contributed by atoms with E-state index in [1.165, 1.54) is 32.1 Å². The van der Waals surface area contributed by atoms with E-state index < -0.39 is 0 Å². The summed E-state index contributed by atoms with van der Waals surface area (Å²) in [7, 11) is 0. The van der Waals surface area contributed by atoms with E-state index in [0.717, 1.165) is 13.1 Å². The molecule has 1 amide bonds. The number of likely N-dealkylation sites (tertiary alicyclic amines) is 1. The highest BCUT2D eigenvalue weighted by Crippen LogP contribution is 2.28. The van der Waals surface area contributed by atoms with E-state index in [0.29, 0.717) is 37.0 Å². The summed E-state index contributed by atoms with van der Waals surface area (Å²) in [4.78, 5) is 16.8. The van der Waals surface area contributed by atoms with Crippen molar-refractivity contribution in [2.75, 3.05) is 26.2 Å². The Balaban J connectivity index is 1.93. The number of nitrogens with two attached hydrogens (primary N) is 1. The molecule has 4 nitrogen and oxygen atoms in total. The summed E-state index contributed by atoms with van der Waals surface area (Å²) in [5, 5.41) is 0. The number of hydrogen-bond acceptors (Lipinski definition) is 3. The Hall–Kier alpha value is -0.610. The Morgan fingerprint density at radius 3 is 2.58 bits per heavy atom. The van der Waals surface area contributed by atoms with E-state index in [1.54, 1.807) is 0 Å². The van der Waals surface area contributed by atoms with Crippen molar-refractivity contribution in [3.8, 4) is 0 Å². The Morgan fingerprint density at radius 2 is 2.05 bits per heavy atom. The van der Waals surface area contributed by atoms with Gasteiger partial charge in [0.1, 0.15) is 0 Å². The molecule has 1 saturated heterocycles. The van der Waals surface area contributed by atoms with Gasteiger partial charge in [0.25, 0.3) is 0 Å². The van der Waals surface area contributed by atoms with Crippen molar-refractivity contribution in [2.45, 2.75) is 58.0 Å². The third-order valence-electron chi connectivity index (χ3n) is 4.79. The molecule has 2 unspecified atom stereocenters. The molecule has 0 aromatic rings. The summed E-state index contributed by atoms with van der Waals surface area (Å²) in [6.45, 7) is 7.46. The zero-order valence-corrected chi connectivity index (χ0v) is 12.5. The van der Waals surface area contributed by atoms with Gasteiger partial charge in [-0.25, -0.2) is 0 Å². The molecule has 2 fully saturated rings. The number of nitrogens with zero attached hydrogens (tertiary/aromatic N) is 2. The van der Waals surface area contributed by atoms with Gasteiger partial charge in [0.2, 0.25) is 5.91 Å². The lowest BCUT2D eigenvalue weighted by atomic mass is 9.87. The molecule has 2 rings (SSSR count). The van der Waals surface area contributed by atoms with Crippen molar-refractivity contribution >= 4 is 5.91 Å². The molecule has 1 saturated carbocycles. The van der Waals surface area contributed by atoms with Crippen molar-refractivity contribution in [1.29, 1.82) is 0 Å². The molecule has 0 aromatic carbocycles. The first-order valence-electron chi connectivity index (χ1n) is 7.94. The first-order valence-corrected chi connectivity index (χ1v) is 7.94. The predicted octanol–water partition coefficient (Wildman–Crippen LogP) is 1.45. The number of amides is 1. The largest absolute Gasteiger partial charge is 0.339 e. The van der Waals surface area contributed by atoms with Crippen LogP contribution in [0.5, 0.6) is 0 Å². The topological polar surface area (TPSA) is 49.6 Å². The minimum atomic E-state index is 0.306. The Bertz CT molecular complexity index is 304. The van der Waals surface area contributed by atoms with E-state index in [9.17, 15) is 4.79 Å². The molecule has 2 aliphatic rings. The van der Waals surface area contributed by atoms with Gasteiger partial charge >= 0.3 is 0 Å². The summed E-state index contributed by atoms with van der Waals surface area (Å²) >= 11 is 0. The third kappa shape index (κ3) is 3.48. The zero-order valence-electron chi connectivity index (χ0n) is 12.5. The normalized spacial score (nSPS) is 28.4. The molecule has 2 N–H and O–H groups in total. The van der Waals surface area contributed by atoms with Crippen LogP contribution >= 0.6 is 0 Å². The summed E-state index contributed by atoms with van der Waals surface area (Å²) < 4.78 is 0. The van der Waals surface area contributed by atoms with E-state index in [4.69, 9.17) is 5.73 Å². The van der Waals surface area contributed by atoms with Gasteiger partial charge < -0.3 is 10.6 Å². The fourth-order valence-corrected chi connectivity index (χ4v) is 3.52. The summed E-state index contributed by atoms with van der Waals surface area (Å²) in [5.74, 6) is 0.975. The van der Waals surface area contributed by atoms with Crippen LogP contribution in [0.2, 0.25) is 0 Å². The van der Waals surface area contributed by atoms with Crippen LogP contribution in [0.25, 0.3) is 0 Å². The average molecular weight is 267 g/mol. The maximum atomic E-state index is 12.4. The lowest BCUT2D eigenvalue weighted by Gasteiger charge is -2.41. The van der Waals surface area contributed by atoms with Crippen LogP contribution in [-0.4, -0.2) is 54.0 Å². The second-order valence-electron chi connectivity index (χ2n) is 6.00. The molecule has 1 aliphatic carbocycles. The van der Waals surface area contributed by atoms with Crippen LogP contribution in [0.15, 0.2) is 0 Å². The van der Waals surface area contributed by atoms with Crippen molar-refractivity contribution in [3.63, 3.8) is 0 Å². The lowest BCUT2D eigenvalue weighted by Crippen LogP contribution is -2.53. The van der Waals surface area contributed by atoms with E-state index in [2.05, 4.69) is 23.6 Å². The molecule has 2 atom stereocenters. The van der Waals surface area contributed by atoms with Crippen LogP contribution in [0, 0.1) is 5.92 Å². The lowest BCUT2D eigenvalue weighted by molar-refractivity contribution is -0.134. The molecule has 0 spiro atoms. The molecular formula is C15H29N3O.